The molecular formula is C11H21NO3. The van der Waals surface area contributed by atoms with Crippen LogP contribution in [-0.4, -0.2) is 48.8 Å². The highest BCUT2D eigenvalue weighted by atomic mass is 16.5. The van der Waals surface area contributed by atoms with Gasteiger partial charge in [-0.1, -0.05) is 0 Å². The van der Waals surface area contributed by atoms with E-state index in [-0.39, 0.29) is 0 Å². The maximum Gasteiger partial charge on any atom is 0.309 e. The fraction of sp³-hybridized carbons (Fsp3) is 0.909. The Morgan fingerprint density at radius 3 is 2.80 bits per heavy atom. The molecule has 1 heterocycles. The molecule has 0 amide bonds. The minimum atomic E-state index is -0.714. The molecule has 1 fully saturated rings. The number of ether oxygens (including phenoxy) is 1. The van der Waals surface area contributed by atoms with E-state index in [0.717, 1.165) is 39.3 Å². The van der Waals surface area contributed by atoms with Gasteiger partial charge in [-0.3, -0.25) is 4.79 Å². The summed E-state index contributed by atoms with van der Waals surface area (Å²) in [5.74, 6) is -0.714. The molecule has 4 heteroatoms. The molecule has 1 aliphatic rings. The maximum absolute atomic E-state index is 10.9. The zero-order valence-electron chi connectivity index (χ0n) is 9.66. The first-order valence-corrected chi connectivity index (χ1v) is 5.56. The van der Waals surface area contributed by atoms with Gasteiger partial charge in [0, 0.05) is 19.7 Å². The zero-order valence-corrected chi connectivity index (χ0v) is 9.66. The van der Waals surface area contributed by atoms with Gasteiger partial charge >= 0.3 is 5.97 Å². The fourth-order valence-electron chi connectivity index (χ4n) is 1.57. The second kappa shape index (κ2) is 5.47. The summed E-state index contributed by atoms with van der Waals surface area (Å²) in [4.78, 5) is 13.2. The van der Waals surface area contributed by atoms with Crippen molar-refractivity contribution < 1.29 is 14.6 Å². The van der Waals surface area contributed by atoms with Gasteiger partial charge in [-0.05, 0) is 33.2 Å². The summed E-state index contributed by atoms with van der Waals surface area (Å²) in [6, 6.07) is 0. The van der Waals surface area contributed by atoms with Crippen LogP contribution in [0.5, 0.6) is 0 Å². The van der Waals surface area contributed by atoms with Crippen LogP contribution >= 0.6 is 0 Å². The summed E-state index contributed by atoms with van der Waals surface area (Å²) in [7, 11) is 0. The Morgan fingerprint density at radius 1 is 1.40 bits per heavy atom. The third-order valence-corrected chi connectivity index (χ3v) is 2.95. The van der Waals surface area contributed by atoms with Crippen molar-refractivity contribution in [3.63, 3.8) is 0 Å². The van der Waals surface area contributed by atoms with Gasteiger partial charge in [0.1, 0.15) is 0 Å². The number of nitrogens with zero attached hydrogens (tertiary/aromatic N) is 1. The molecule has 0 aromatic heterocycles. The lowest BCUT2D eigenvalue weighted by Gasteiger charge is -2.25. The lowest BCUT2D eigenvalue weighted by Crippen LogP contribution is -2.33. The molecule has 0 aromatic rings. The van der Waals surface area contributed by atoms with E-state index in [4.69, 9.17) is 9.84 Å². The molecule has 0 aromatic carbocycles. The molecule has 4 nitrogen and oxygen atoms in total. The number of rotatable bonds is 4. The first-order chi connectivity index (χ1) is 7.02. The van der Waals surface area contributed by atoms with Crippen LogP contribution in [-0.2, 0) is 9.53 Å². The summed E-state index contributed by atoms with van der Waals surface area (Å²) < 4.78 is 5.35. The quantitative estimate of drug-likeness (QED) is 0.766. The van der Waals surface area contributed by atoms with Crippen LogP contribution in [0.4, 0.5) is 0 Å². The van der Waals surface area contributed by atoms with Crippen LogP contribution < -0.4 is 0 Å². The molecule has 0 aliphatic carbocycles. The number of aliphatic carboxylic acids is 1. The van der Waals surface area contributed by atoms with Crippen LogP contribution in [0.25, 0.3) is 0 Å². The van der Waals surface area contributed by atoms with E-state index in [2.05, 4.69) is 4.90 Å². The lowest BCUT2D eigenvalue weighted by atomic mass is 9.89. The Bertz CT molecular complexity index is 208. The van der Waals surface area contributed by atoms with E-state index in [1.54, 1.807) is 13.8 Å². The minimum absolute atomic E-state index is 0.618. The van der Waals surface area contributed by atoms with Gasteiger partial charge in [-0.15, -0.1) is 0 Å². The van der Waals surface area contributed by atoms with Crippen LogP contribution in [0.2, 0.25) is 0 Å². The van der Waals surface area contributed by atoms with Crippen molar-refractivity contribution in [1.29, 1.82) is 0 Å². The number of carboxylic acids is 1. The molecule has 1 N–H and O–H groups in total. The largest absolute Gasteiger partial charge is 0.481 e. The van der Waals surface area contributed by atoms with Gasteiger partial charge in [0.05, 0.1) is 12.0 Å². The summed E-state index contributed by atoms with van der Waals surface area (Å²) in [5.41, 5.74) is -0.618. The molecule has 0 radical (unpaired) electrons. The molecule has 15 heavy (non-hydrogen) atoms. The Morgan fingerprint density at radius 2 is 2.13 bits per heavy atom. The second-order valence-corrected chi connectivity index (χ2v) is 4.75. The van der Waals surface area contributed by atoms with E-state index in [1.165, 1.54) is 0 Å². The van der Waals surface area contributed by atoms with Crippen molar-refractivity contribution in [1.82, 2.24) is 4.90 Å². The predicted octanol–water partition coefficient (Wildman–Crippen LogP) is 1.21. The Hall–Kier alpha value is -0.610. The second-order valence-electron chi connectivity index (χ2n) is 4.75. The molecule has 88 valence electrons. The summed E-state index contributed by atoms with van der Waals surface area (Å²) >= 11 is 0. The van der Waals surface area contributed by atoms with E-state index >= 15 is 0 Å². The van der Waals surface area contributed by atoms with E-state index in [9.17, 15) is 4.79 Å². The van der Waals surface area contributed by atoms with Crippen molar-refractivity contribution >= 4 is 5.97 Å². The molecule has 0 bridgehead atoms. The Labute approximate surface area is 91.2 Å². The maximum atomic E-state index is 10.9. The van der Waals surface area contributed by atoms with Crippen molar-refractivity contribution in [3.8, 4) is 0 Å². The number of hydrogen-bond donors (Lipinski definition) is 1. The van der Waals surface area contributed by atoms with Crippen molar-refractivity contribution in [3.05, 3.63) is 0 Å². The first-order valence-electron chi connectivity index (χ1n) is 5.56. The molecule has 1 rings (SSSR count). The SMILES string of the molecule is CC(C)(CCN1CCCOCC1)C(=O)O. The average Bonchev–Trinajstić information content (AvgIpc) is 2.42. The van der Waals surface area contributed by atoms with Gasteiger partial charge in [-0.25, -0.2) is 0 Å². The molecule has 0 atom stereocenters. The van der Waals surface area contributed by atoms with Gasteiger partial charge in [0.15, 0.2) is 0 Å². The van der Waals surface area contributed by atoms with Crippen LogP contribution in [0.1, 0.15) is 26.7 Å². The predicted molar refractivity (Wildman–Crippen MR) is 57.9 cm³/mol. The third-order valence-electron chi connectivity index (χ3n) is 2.95. The number of carbonyl (C=O) groups is 1. The number of carboxylic acid groups (broad SMARTS) is 1. The Kier molecular flexibility index (Phi) is 4.54. The molecular weight excluding hydrogens is 194 g/mol. The topological polar surface area (TPSA) is 49.8 Å². The lowest BCUT2D eigenvalue weighted by molar-refractivity contribution is -0.147. The van der Waals surface area contributed by atoms with Crippen LogP contribution in [0.3, 0.4) is 0 Å². The van der Waals surface area contributed by atoms with Crippen molar-refractivity contribution in [2.24, 2.45) is 5.41 Å². The van der Waals surface area contributed by atoms with Crippen LogP contribution in [0.15, 0.2) is 0 Å². The summed E-state index contributed by atoms with van der Waals surface area (Å²) in [5, 5.41) is 8.98. The Balaban J connectivity index is 2.31. The van der Waals surface area contributed by atoms with E-state index < -0.39 is 11.4 Å². The molecule has 0 spiro atoms. The average molecular weight is 215 g/mol. The smallest absolute Gasteiger partial charge is 0.309 e. The zero-order chi connectivity index (χ0) is 11.3. The highest BCUT2D eigenvalue weighted by Crippen LogP contribution is 2.21. The monoisotopic (exact) mass is 215 g/mol. The fourth-order valence-corrected chi connectivity index (χ4v) is 1.57. The van der Waals surface area contributed by atoms with E-state index in [1.807, 2.05) is 0 Å². The van der Waals surface area contributed by atoms with Crippen molar-refractivity contribution in [2.45, 2.75) is 26.7 Å². The van der Waals surface area contributed by atoms with Gasteiger partial charge < -0.3 is 14.7 Å². The van der Waals surface area contributed by atoms with Crippen molar-refractivity contribution in [2.75, 3.05) is 32.8 Å². The molecule has 0 saturated carbocycles. The highest BCUT2D eigenvalue weighted by molar-refractivity contribution is 5.73. The highest BCUT2D eigenvalue weighted by Gasteiger charge is 2.27. The molecule has 1 saturated heterocycles. The first kappa shape index (κ1) is 12.5. The van der Waals surface area contributed by atoms with E-state index in [0.29, 0.717) is 6.42 Å². The van der Waals surface area contributed by atoms with Gasteiger partial charge in [-0.2, -0.15) is 0 Å². The standard InChI is InChI=1S/C11H21NO3/c1-11(2,10(13)14)4-6-12-5-3-8-15-9-7-12/h3-9H2,1-2H3,(H,13,14). The molecule has 0 unspecified atom stereocenters. The van der Waals surface area contributed by atoms with Crippen LogP contribution in [0, 0.1) is 5.41 Å². The van der Waals surface area contributed by atoms with Gasteiger partial charge in [0.25, 0.3) is 0 Å². The van der Waals surface area contributed by atoms with Gasteiger partial charge in [0.2, 0.25) is 0 Å². The normalized spacial score (nSPS) is 19.9. The minimum Gasteiger partial charge on any atom is -0.481 e. The molecule has 1 aliphatic heterocycles. The summed E-state index contributed by atoms with van der Waals surface area (Å²) in [6.45, 7) is 7.97. The number of hydrogen-bond acceptors (Lipinski definition) is 3. The third kappa shape index (κ3) is 4.18. The summed E-state index contributed by atoms with van der Waals surface area (Å²) in [6.07, 6.45) is 1.75.